The molecular formula is C14H21NO. The molecule has 0 spiro atoms. The fraction of sp³-hybridized carbons (Fsp3) is 0.571. The van der Waals surface area contributed by atoms with Crippen LogP contribution >= 0.6 is 0 Å². The van der Waals surface area contributed by atoms with Crippen molar-refractivity contribution in [2.75, 3.05) is 6.61 Å². The zero-order chi connectivity index (χ0) is 11.4. The summed E-state index contributed by atoms with van der Waals surface area (Å²) in [5, 5.41) is 0. The first-order valence-corrected chi connectivity index (χ1v) is 6.24. The summed E-state index contributed by atoms with van der Waals surface area (Å²) < 4.78 is 5.82. The largest absolute Gasteiger partial charge is 0.493 e. The van der Waals surface area contributed by atoms with E-state index in [2.05, 4.69) is 0 Å². The van der Waals surface area contributed by atoms with Crippen LogP contribution in [0, 0.1) is 5.92 Å². The van der Waals surface area contributed by atoms with E-state index in [1.54, 1.807) is 0 Å². The van der Waals surface area contributed by atoms with E-state index in [-0.39, 0.29) is 6.04 Å². The predicted octanol–water partition coefficient (Wildman–Crippen LogP) is 3.28. The van der Waals surface area contributed by atoms with Crippen LogP contribution in [0.15, 0.2) is 24.3 Å². The molecule has 1 fully saturated rings. The van der Waals surface area contributed by atoms with Crippen molar-refractivity contribution in [1.29, 1.82) is 0 Å². The molecule has 0 saturated heterocycles. The molecule has 1 saturated carbocycles. The van der Waals surface area contributed by atoms with Crippen molar-refractivity contribution in [2.24, 2.45) is 11.7 Å². The molecule has 0 bridgehead atoms. The zero-order valence-electron chi connectivity index (χ0n) is 9.99. The van der Waals surface area contributed by atoms with Gasteiger partial charge in [0.05, 0.1) is 6.61 Å². The number of benzene rings is 1. The van der Waals surface area contributed by atoms with Gasteiger partial charge in [0.15, 0.2) is 0 Å². The monoisotopic (exact) mass is 219 g/mol. The lowest BCUT2D eigenvalue weighted by Crippen LogP contribution is -2.15. The average Bonchev–Trinajstić information content (AvgIpc) is 2.22. The van der Waals surface area contributed by atoms with Crippen LogP contribution in [0.5, 0.6) is 5.75 Å². The van der Waals surface area contributed by atoms with Crippen LogP contribution in [0.2, 0.25) is 0 Å². The summed E-state index contributed by atoms with van der Waals surface area (Å²) in [5.74, 6) is 1.86. The van der Waals surface area contributed by atoms with Gasteiger partial charge in [-0.3, -0.25) is 0 Å². The summed E-state index contributed by atoms with van der Waals surface area (Å²) in [6.07, 6.45) is 5.37. The van der Waals surface area contributed by atoms with Crippen LogP contribution in [0.4, 0.5) is 0 Å². The maximum atomic E-state index is 5.90. The van der Waals surface area contributed by atoms with E-state index in [4.69, 9.17) is 10.5 Å². The van der Waals surface area contributed by atoms with Crippen molar-refractivity contribution in [3.63, 3.8) is 0 Å². The Labute approximate surface area is 97.8 Å². The predicted molar refractivity (Wildman–Crippen MR) is 66.5 cm³/mol. The van der Waals surface area contributed by atoms with E-state index in [1.165, 1.54) is 25.7 Å². The van der Waals surface area contributed by atoms with Crippen LogP contribution in [0.1, 0.15) is 44.2 Å². The van der Waals surface area contributed by atoms with Gasteiger partial charge in [0.25, 0.3) is 0 Å². The highest BCUT2D eigenvalue weighted by Gasteiger charge is 2.17. The van der Waals surface area contributed by atoms with E-state index >= 15 is 0 Å². The Kier molecular flexibility index (Phi) is 3.83. The van der Waals surface area contributed by atoms with Gasteiger partial charge < -0.3 is 10.5 Å². The molecule has 2 rings (SSSR count). The standard InChI is InChI=1S/C14H21NO/c1-11(15)13-7-2-3-8-14(13)16-10-9-12-5-4-6-12/h2-3,7-8,11-12H,4-6,9-10,15H2,1H3/t11-/m1/s1. The quantitative estimate of drug-likeness (QED) is 0.824. The van der Waals surface area contributed by atoms with Crippen molar-refractivity contribution >= 4 is 0 Å². The Morgan fingerprint density at radius 3 is 2.75 bits per heavy atom. The smallest absolute Gasteiger partial charge is 0.124 e. The highest BCUT2D eigenvalue weighted by Crippen LogP contribution is 2.30. The van der Waals surface area contributed by atoms with Crippen LogP contribution < -0.4 is 10.5 Å². The van der Waals surface area contributed by atoms with Crippen LogP contribution in [-0.2, 0) is 0 Å². The number of para-hydroxylation sites is 1. The minimum Gasteiger partial charge on any atom is -0.493 e. The summed E-state index contributed by atoms with van der Waals surface area (Å²) in [7, 11) is 0. The molecule has 0 amide bonds. The zero-order valence-corrected chi connectivity index (χ0v) is 9.99. The average molecular weight is 219 g/mol. The maximum absolute atomic E-state index is 5.90. The highest BCUT2D eigenvalue weighted by molar-refractivity contribution is 5.35. The first-order chi connectivity index (χ1) is 7.77. The lowest BCUT2D eigenvalue weighted by atomic mass is 9.83. The van der Waals surface area contributed by atoms with Gasteiger partial charge in [0, 0.05) is 11.6 Å². The summed E-state index contributed by atoms with van der Waals surface area (Å²) in [6.45, 7) is 2.82. The Morgan fingerprint density at radius 2 is 2.12 bits per heavy atom. The topological polar surface area (TPSA) is 35.2 Å². The minimum atomic E-state index is 0.0416. The molecule has 1 aliphatic carbocycles. The number of hydrogen-bond acceptors (Lipinski definition) is 2. The molecule has 1 aliphatic rings. The van der Waals surface area contributed by atoms with E-state index in [1.807, 2.05) is 31.2 Å². The molecule has 0 heterocycles. The minimum absolute atomic E-state index is 0.0416. The van der Waals surface area contributed by atoms with Crippen LogP contribution in [-0.4, -0.2) is 6.61 Å². The first-order valence-electron chi connectivity index (χ1n) is 6.24. The molecule has 0 aromatic heterocycles. The fourth-order valence-corrected chi connectivity index (χ4v) is 2.11. The molecule has 2 heteroatoms. The Bertz CT molecular complexity index is 331. The van der Waals surface area contributed by atoms with Crippen molar-refractivity contribution in [1.82, 2.24) is 0 Å². The summed E-state index contributed by atoms with van der Waals surface area (Å²) in [5.41, 5.74) is 7.01. The SMILES string of the molecule is C[C@@H](N)c1ccccc1OCCC1CCC1. The molecule has 16 heavy (non-hydrogen) atoms. The maximum Gasteiger partial charge on any atom is 0.124 e. The summed E-state index contributed by atoms with van der Waals surface area (Å²) in [6, 6.07) is 8.12. The second-order valence-corrected chi connectivity index (χ2v) is 4.76. The molecule has 0 unspecified atom stereocenters. The van der Waals surface area contributed by atoms with Crippen molar-refractivity contribution in [3.05, 3.63) is 29.8 Å². The first kappa shape index (κ1) is 11.5. The Hall–Kier alpha value is -1.02. The molecule has 1 aromatic rings. The molecule has 1 aromatic carbocycles. The van der Waals surface area contributed by atoms with Gasteiger partial charge in [-0.15, -0.1) is 0 Å². The number of nitrogens with two attached hydrogens (primary N) is 1. The summed E-state index contributed by atoms with van der Waals surface area (Å²) in [4.78, 5) is 0. The molecule has 88 valence electrons. The third-order valence-electron chi connectivity index (χ3n) is 3.42. The third-order valence-corrected chi connectivity index (χ3v) is 3.42. The highest BCUT2D eigenvalue weighted by atomic mass is 16.5. The molecule has 0 aliphatic heterocycles. The van der Waals surface area contributed by atoms with Crippen LogP contribution in [0.3, 0.4) is 0 Å². The number of rotatable bonds is 5. The van der Waals surface area contributed by atoms with Gasteiger partial charge in [-0.1, -0.05) is 37.5 Å². The lowest BCUT2D eigenvalue weighted by Gasteiger charge is -2.25. The van der Waals surface area contributed by atoms with E-state index in [0.717, 1.165) is 23.8 Å². The van der Waals surface area contributed by atoms with Gasteiger partial charge in [-0.25, -0.2) is 0 Å². The molecule has 1 atom stereocenters. The number of ether oxygens (including phenoxy) is 1. The molecule has 2 nitrogen and oxygen atoms in total. The third kappa shape index (κ3) is 2.76. The van der Waals surface area contributed by atoms with Gasteiger partial charge in [0.1, 0.15) is 5.75 Å². The fourth-order valence-electron chi connectivity index (χ4n) is 2.11. The van der Waals surface area contributed by atoms with Gasteiger partial charge in [-0.2, -0.15) is 0 Å². The Morgan fingerprint density at radius 1 is 1.38 bits per heavy atom. The van der Waals surface area contributed by atoms with Crippen molar-refractivity contribution < 1.29 is 4.74 Å². The van der Waals surface area contributed by atoms with E-state index in [9.17, 15) is 0 Å². The van der Waals surface area contributed by atoms with Crippen LogP contribution in [0.25, 0.3) is 0 Å². The normalized spacial score (nSPS) is 17.9. The van der Waals surface area contributed by atoms with E-state index < -0.39 is 0 Å². The second kappa shape index (κ2) is 5.35. The molecule has 2 N–H and O–H groups in total. The second-order valence-electron chi connectivity index (χ2n) is 4.76. The molecule has 0 radical (unpaired) electrons. The Balaban J connectivity index is 1.87. The van der Waals surface area contributed by atoms with Gasteiger partial charge in [-0.05, 0) is 25.3 Å². The van der Waals surface area contributed by atoms with Gasteiger partial charge >= 0.3 is 0 Å². The molecular weight excluding hydrogens is 198 g/mol. The summed E-state index contributed by atoms with van der Waals surface area (Å²) >= 11 is 0. The van der Waals surface area contributed by atoms with Crippen molar-refractivity contribution in [3.8, 4) is 5.75 Å². The van der Waals surface area contributed by atoms with Gasteiger partial charge in [0.2, 0.25) is 0 Å². The number of hydrogen-bond donors (Lipinski definition) is 1. The lowest BCUT2D eigenvalue weighted by molar-refractivity contribution is 0.220. The van der Waals surface area contributed by atoms with E-state index in [0.29, 0.717) is 0 Å². The van der Waals surface area contributed by atoms with Crippen molar-refractivity contribution in [2.45, 2.75) is 38.6 Å².